The summed E-state index contributed by atoms with van der Waals surface area (Å²) >= 11 is 0. The Kier molecular flexibility index (Phi) is 7.91. The highest BCUT2D eigenvalue weighted by Crippen LogP contribution is 2.40. The Hall–Kier alpha value is -4.06. The van der Waals surface area contributed by atoms with Crippen molar-refractivity contribution in [3.05, 3.63) is 48.0 Å². The van der Waals surface area contributed by atoms with Crippen LogP contribution in [0.3, 0.4) is 0 Å². The molecule has 9 nitrogen and oxygen atoms in total. The number of alkyl halides is 3. The summed E-state index contributed by atoms with van der Waals surface area (Å²) in [7, 11) is 0. The van der Waals surface area contributed by atoms with Crippen molar-refractivity contribution >= 4 is 23.4 Å². The molecular weight excluding hydrogens is 505 g/mol. The smallest absolute Gasteiger partial charge is 0.490 e. The molecule has 3 N–H and O–H groups in total. The van der Waals surface area contributed by atoms with Crippen molar-refractivity contribution < 1.29 is 37.5 Å². The first-order valence-electron chi connectivity index (χ1n) is 12.0. The van der Waals surface area contributed by atoms with Crippen molar-refractivity contribution in [2.75, 3.05) is 42.5 Å². The zero-order valence-electron chi connectivity index (χ0n) is 20.6. The van der Waals surface area contributed by atoms with Crippen LogP contribution in [0, 0.1) is 0 Å². The number of nitrogens with one attached hydrogen (secondary N) is 1. The molecule has 38 heavy (non-hydrogen) atoms. The first kappa shape index (κ1) is 27.0. The van der Waals surface area contributed by atoms with E-state index in [1.807, 2.05) is 41.3 Å². The maximum absolute atomic E-state index is 12.0. The SMILES string of the molecule is CC(=O)N1CCCc2cc(-c3cccc(-c4cc(N5CCNCC5)no4)c3O)ccc21.O=C(O)C(F)(F)F. The summed E-state index contributed by atoms with van der Waals surface area (Å²) in [5.41, 5.74) is 4.37. The monoisotopic (exact) mass is 532 g/mol. The molecular formula is C26H27F3N4O5. The van der Waals surface area contributed by atoms with E-state index in [9.17, 15) is 23.1 Å². The molecule has 0 unspecified atom stereocenters. The van der Waals surface area contributed by atoms with Crippen LogP contribution in [-0.2, 0) is 16.0 Å². The number of benzene rings is 2. The fourth-order valence-electron chi connectivity index (χ4n) is 4.50. The van der Waals surface area contributed by atoms with Gasteiger partial charge < -0.3 is 29.9 Å². The molecule has 0 saturated carbocycles. The summed E-state index contributed by atoms with van der Waals surface area (Å²) in [6.45, 7) is 5.95. The number of piperazine rings is 1. The van der Waals surface area contributed by atoms with Gasteiger partial charge in [0.15, 0.2) is 11.6 Å². The normalized spacial score (nSPS) is 15.4. The quantitative estimate of drug-likeness (QED) is 0.462. The molecule has 1 fully saturated rings. The van der Waals surface area contributed by atoms with E-state index in [4.69, 9.17) is 14.4 Å². The minimum atomic E-state index is -5.08. The molecule has 3 heterocycles. The average molecular weight is 533 g/mol. The Labute approximate surface area is 216 Å². The van der Waals surface area contributed by atoms with Crippen molar-refractivity contribution in [2.45, 2.75) is 25.9 Å². The Bertz CT molecular complexity index is 1320. The largest absolute Gasteiger partial charge is 0.507 e. The molecule has 12 heteroatoms. The number of aryl methyl sites for hydroxylation is 1. The third-order valence-electron chi connectivity index (χ3n) is 6.37. The molecule has 1 aromatic heterocycles. The number of phenols is 1. The molecule has 1 saturated heterocycles. The summed E-state index contributed by atoms with van der Waals surface area (Å²) < 4.78 is 37.3. The maximum atomic E-state index is 12.0. The average Bonchev–Trinajstić information content (AvgIpc) is 3.38. The number of aromatic nitrogens is 1. The third kappa shape index (κ3) is 5.91. The number of halogens is 3. The van der Waals surface area contributed by atoms with Crippen LogP contribution in [0.15, 0.2) is 47.0 Å². The van der Waals surface area contributed by atoms with E-state index in [1.165, 1.54) is 0 Å². The van der Waals surface area contributed by atoms with Gasteiger partial charge >= 0.3 is 12.1 Å². The third-order valence-corrected chi connectivity index (χ3v) is 6.37. The van der Waals surface area contributed by atoms with Gasteiger partial charge in [0.2, 0.25) is 5.91 Å². The van der Waals surface area contributed by atoms with Crippen LogP contribution in [0.2, 0.25) is 0 Å². The van der Waals surface area contributed by atoms with Gasteiger partial charge in [-0.05, 0) is 42.2 Å². The first-order valence-corrected chi connectivity index (χ1v) is 12.0. The number of carbonyl (C=O) groups excluding carboxylic acids is 1. The van der Waals surface area contributed by atoms with Crippen LogP contribution in [0.4, 0.5) is 24.7 Å². The zero-order chi connectivity index (χ0) is 27.4. The van der Waals surface area contributed by atoms with Gasteiger partial charge in [0, 0.05) is 57.0 Å². The van der Waals surface area contributed by atoms with E-state index in [2.05, 4.69) is 21.4 Å². The lowest BCUT2D eigenvalue weighted by atomic mass is 9.94. The Morgan fingerprint density at radius 1 is 1.05 bits per heavy atom. The molecule has 0 atom stereocenters. The molecule has 0 aliphatic carbocycles. The Balaban J connectivity index is 0.000000426. The van der Waals surface area contributed by atoms with Gasteiger partial charge in [-0.25, -0.2) is 4.79 Å². The highest BCUT2D eigenvalue weighted by atomic mass is 19.4. The number of anilines is 2. The van der Waals surface area contributed by atoms with Gasteiger partial charge in [-0.3, -0.25) is 4.79 Å². The number of phenolic OH excluding ortho intramolecular Hbond substituents is 1. The summed E-state index contributed by atoms with van der Waals surface area (Å²) in [4.78, 5) is 24.8. The first-order chi connectivity index (χ1) is 18.1. The van der Waals surface area contributed by atoms with Crippen molar-refractivity contribution in [1.29, 1.82) is 0 Å². The number of fused-ring (bicyclic) bond motifs is 1. The molecule has 2 aromatic carbocycles. The van der Waals surface area contributed by atoms with Crippen LogP contribution in [0.25, 0.3) is 22.5 Å². The summed E-state index contributed by atoms with van der Waals surface area (Å²) in [6.07, 6.45) is -3.22. The number of nitrogens with zero attached hydrogens (tertiary/aromatic N) is 3. The second kappa shape index (κ2) is 11.1. The van der Waals surface area contributed by atoms with Gasteiger partial charge in [0.25, 0.3) is 0 Å². The number of aliphatic carboxylic acids is 1. The lowest BCUT2D eigenvalue weighted by Crippen LogP contribution is -2.43. The second-order valence-corrected chi connectivity index (χ2v) is 8.91. The van der Waals surface area contributed by atoms with Crippen molar-refractivity contribution in [3.63, 3.8) is 0 Å². The highest BCUT2D eigenvalue weighted by molar-refractivity contribution is 5.93. The standard InChI is InChI=1S/C24H26N4O3.C2HF3O2/c1-16(29)28-11-3-4-18-14-17(7-8-21(18)28)19-5-2-6-20(24(19)30)22-15-23(26-31-22)27-12-9-25-10-13-27;3-2(4,5)1(6)7/h2,5-8,14-15,25,30H,3-4,9-13H2,1H3;(H,6,7). The molecule has 5 rings (SSSR count). The number of carboxylic acids is 1. The van der Waals surface area contributed by atoms with E-state index in [0.717, 1.165) is 73.8 Å². The molecule has 0 radical (unpaired) electrons. The lowest BCUT2D eigenvalue weighted by Gasteiger charge is -2.29. The molecule has 0 bridgehead atoms. The number of amides is 1. The topological polar surface area (TPSA) is 119 Å². The minimum absolute atomic E-state index is 0.0594. The van der Waals surface area contributed by atoms with E-state index >= 15 is 0 Å². The zero-order valence-corrected chi connectivity index (χ0v) is 20.6. The van der Waals surface area contributed by atoms with Gasteiger partial charge in [0.05, 0.1) is 5.56 Å². The number of hydrogen-bond acceptors (Lipinski definition) is 7. The predicted octanol–water partition coefficient (Wildman–Crippen LogP) is 4.06. The van der Waals surface area contributed by atoms with E-state index in [-0.39, 0.29) is 11.7 Å². The molecule has 0 spiro atoms. The Morgan fingerprint density at radius 3 is 2.39 bits per heavy atom. The van der Waals surface area contributed by atoms with Crippen LogP contribution in [0.5, 0.6) is 5.75 Å². The van der Waals surface area contributed by atoms with Crippen molar-refractivity contribution in [1.82, 2.24) is 10.5 Å². The second-order valence-electron chi connectivity index (χ2n) is 8.91. The summed E-state index contributed by atoms with van der Waals surface area (Å²) in [5.74, 6) is -1.19. The molecule has 2 aliphatic heterocycles. The predicted molar refractivity (Wildman–Crippen MR) is 134 cm³/mol. The van der Waals surface area contributed by atoms with E-state index in [0.29, 0.717) is 11.3 Å². The fraction of sp³-hybridized carbons (Fsp3) is 0.346. The van der Waals surface area contributed by atoms with E-state index < -0.39 is 12.1 Å². The molecule has 3 aromatic rings. The highest BCUT2D eigenvalue weighted by Gasteiger charge is 2.38. The van der Waals surface area contributed by atoms with E-state index in [1.54, 1.807) is 6.92 Å². The van der Waals surface area contributed by atoms with Crippen molar-refractivity contribution in [3.8, 4) is 28.2 Å². The van der Waals surface area contributed by atoms with Gasteiger partial charge in [-0.1, -0.05) is 23.4 Å². The lowest BCUT2D eigenvalue weighted by molar-refractivity contribution is -0.192. The van der Waals surface area contributed by atoms with Crippen LogP contribution >= 0.6 is 0 Å². The fourth-order valence-corrected chi connectivity index (χ4v) is 4.50. The molecule has 2 aliphatic rings. The van der Waals surface area contributed by atoms with Crippen molar-refractivity contribution in [2.24, 2.45) is 0 Å². The number of carboxylic acid groups (broad SMARTS) is 1. The van der Waals surface area contributed by atoms with Gasteiger partial charge in [0.1, 0.15) is 5.75 Å². The van der Waals surface area contributed by atoms with Crippen LogP contribution in [-0.4, -0.2) is 66.1 Å². The van der Waals surface area contributed by atoms with Gasteiger partial charge in [-0.15, -0.1) is 0 Å². The summed E-state index contributed by atoms with van der Waals surface area (Å²) in [5, 5.41) is 25.8. The van der Waals surface area contributed by atoms with Crippen LogP contribution in [0.1, 0.15) is 18.9 Å². The molecule has 1 amide bonds. The maximum Gasteiger partial charge on any atom is 0.490 e. The number of rotatable bonds is 3. The Morgan fingerprint density at radius 2 is 1.74 bits per heavy atom. The number of aromatic hydroxyl groups is 1. The minimum Gasteiger partial charge on any atom is -0.507 e. The van der Waals surface area contributed by atoms with Gasteiger partial charge in [-0.2, -0.15) is 13.2 Å². The molecule has 202 valence electrons. The number of carbonyl (C=O) groups is 2. The van der Waals surface area contributed by atoms with Crippen LogP contribution < -0.4 is 15.1 Å². The summed E-state index contributed by atoms with van der Waals surface area (Å²) in [6, 6.07) is 13.6. The number of hydrogen-bond donors (Lipinski definition) is 3. The number of para-hydroxylation sites is 1.